The number of aromatic nitrogens is 2. The first-order valence-electron chi connectivity index (χ1n) is 11.5. The van der Waals surface area contributed by atoms with Crippen LogP contribution in [0.15, 0.2) is 30.3 Å². The van der Waals surface area contributed by atoms with Crippen LogP contribution in [0.2, 0.25) is 0 Å². The van der Waals surface area contributed by atoms with Crippen LogP contribution >= 0.6 is 0 Å². The molecule has 1 aromatic heterocycles. The zero-order chi connectivity index (χ0) is 19.3. The molecular formula is C26H35N2+. The molecule has 0 radical (unpaired) electrons. The number of para-hydroxylation sites is 1. The third-order valence-corrected chi connectivity index (χ3v) is 8.00. The van der Waals surface area contributed by atoms with Gasteiger partial charge in [0.25, 0.3) is 5.82 Å². The van der Waals surface area contributed by atoms with Crippen molar-refractivity contribution in [1.82, 2.24) is 4.57 Å². The van der Waals surface area contributed by atoms with E-state index in [1.54, 1.807) is 5.69 Å². The lowest BCUT2D eigenvalue weighted by molar-refractivity contribution is -0.585. The highest BCUT2D eigenvalue weighted by Crippen LogP contribution is 2.46. The standard InChI is InChI=1S/C26H35N2/c1-19-11-7-10-16-23(19)28-20(2)24-26(3,22-14-5-4-6-15-22)17-18-27(24)25(28)21-12-8-9-13-21/h7,10-11,16-18,21-22H,4-6,8-9,12-15H2,1-3H3/q+1. The van der Waals surface area contributed by atoms with Gasteiger partial charge in [0.2, 0.25) is 0 Å². The molecule has 0 N–H and O–H groups in total. The van der Waals surface area contributed by atoms with Crippen LogP contribution < -0.4 is 4.57 Å². The van der Waals surface area contributed by atoms with Crippen molar-refractivity contribution in [2.75, 3.05) is 0 Å². The Hall–Kier alpha value is -1.83. The summed E-state index contributed by atoms with van der Waals surface area (Å²) in [6.07, 6.45) is 17.4. The average Bonchev–Trinajstić information content (AvgIpc) is 3.42. The van der Waals surface area contributed by atoms with Crippen molar-refractivity contribution in [3.05, 3.63) is 53.1 Å². The normalized spacial score (nSPS) is 25.5. The maximum atomic E-state index is 2.63. The number of imidazole rings is 1. The van der Waals surface area contributed by atoms with Crippen LogP contribution in [0.1, 0.15) is 93.4 Å². The lowest BCUT2D eigenvalue weighted by atomic mass is 9.68. The maximum Gasteiger partial charge on any atom is 0.269 e. The Morgan fingerprint density at radius 1 is 0.929 bits per heavy atom. The molecule has 1 aliphatic heterocycles. The van der Waals surface area contributed by atoms with Crippen LogP contribution in [0.4, 0.5) is 0 Å². The SMILES string of the molecule is Cc1ccccc1-n1c(C)c2[n+](c1C1CCCC1)C=CC2(C)C1CCCCC1. The Labute approximate surface area is 170 Å². The molecular weight excluding hydrogens is 340 g/mol. The largest absolute Gasteiger partial charge is 0.269 e. The summed E-state index contributed by atoms with van der Waals surface area (Å²) < 4.78 is 5.25. The molecule has 0 spiro atoms. The van der Waals surface area contributed by atoms with Gasteiger partial charge in [-0.15, -0.1) is 0 Å². The third kappa shape index (κ3) is 2.64. The number of hydrogen-bond donors (Lipinski definition) is 0. The van der Waals surface area contributed by atoms with E-state index in [1.807, 2.05) is 0 Å². The fourth-order valence-electron chi connectivity index (χ4n) is 6.50. The summed E-state index contributed by atoms with van der Waals surface area (Å²) in [6, 6.07) is 8.95. The smallest absolute Gasteiger partial charge is 0.202 e. The highest BCUT2D eigenvalue weighted by molar-refractivity contribution is 5.47. The van der Waals surface area contributed by atoms with Crippen LogP contribution in [0.3, 0.4) is 0 Å². The summed E-state index contributed by atoms with van der Waals surface area (Å²) in [5.41, 5.74) is 5.98. The van der Waals surface area contributed by atoms with Crippen molar-refractivity contribution in [2.45, 2.75) is 89.9 Å². The van der Waals surface area contributed by atoms with E-state index in [0.717, 1.165) is 5.92 Å². The highest BCUT2D eigenvalue weighted by atomic mass is 15.2. The summed E-state index contributed by atoms with van der Waals surface area (Å²) in [7, 11) is 0. The third-order valence-electron chi connectivity index (χ3n) is 8.00. The zero-order valence-corrected chi connectivity index (χ0v) is 17.9. The molecule has 2 fully saturated rings. The molecule has 2 aliphatic carbocycles. The molecule has 3 aliphatic rings. The minimum absolute atomic E-state index is 0.186. The molecule has 1 aromatic carbocycles. The second-order valence-corrected chi connectivity index (χ2v) is 9.70. The molecule has 148 valence electrons. The van der Waals surface area contributed by atoms with Gasteiger partial charge in [-0.05, 0) is 63.2 Å². The van der Waals surface area contributed by atoms with E-state index in [1.165, 1.54) is 80.6 Å². The molecule has 1 unspecified atom stereocenters. The van der Waals surface area contributed by atoms with E-state index >= 15 is 0 Å². The van der Waals surface area contributed by atoms with E-state index in [2.05, 4.69) is 66.4 Å². The number of aryl methyl sites for hydroxylation is 1. The summed E-state index contributed by atoms with van der Waals surface area (Å²) >= 11 is 0. The number of allylic oxidation sites excluding steroid dienone is 1. The number of fused-ring (bicyclic) bond motifs is 1. The van der Waals surface area contributed by atoms with Crippen LogP contribution in [0, 0.1) is 19.8 Å². The Bertz CT molecular complexity index is 907. The fourth-order valence-corrected chi connectivity index (χ4v) is 6.50. The highest BCUT2D eigenvalue weighted by Gasteiger charge is 2.49. The van der Waals surface area contributed by atoms with E-state index in [0.29, 0.717) is 5.92 Å². The first-order chi connectivity index (χ1) is 13.6. The van der Waals surface area contributed by atoms with Gasteiger partial charge in [0.05, 0.1) is 17.5 Å². The van der Waals surface area contributed by atoms with E-state index in [-0.39, 0.29) is 5.41 Å². The van der Waals surface area contributed by atoms with Gasteiger partial charge >= 0.3 is 0 Å². The monoisotopic (exact) mass is 375 g/mol. The number of benzene rings is 1. The van der Waals surface area contributed by atoms with Gasteiger partial charge in [0.1, 0.15) is 11.4 Å². The molecule has 28 heavy (non-hydrogen) atoms. The van der Waals surface area contributed by atoms with Crippen molar-refractivity contribution in [1.29, 1.82) is 0 Å². The molecule has 0 bridgehead atoms. The van der Waals surface area contributed by atoms with Crippen molar-refractivity contribution in [3.8, 4) is 5.69 Å². The molecule has 2 nitrogen and oxygen atoms in total. The first kappa shape index (κ1) is 18.2. The molecule has 1 atom stereocenters. The minimum Gasteiger partial charge on any atom is -0.202 e. The molecule has 5 rings (SSSR count). The molecule has 2 heterocycles. The number of nitrogens with zero attached hydrogens (tertiary/aromatic N) is 2. The molecule has 0 amide bonds. The molecule has 0 saturated heterocycles. The van der Waals surface area contributed by atoms with Gasteiger partial charge < -0.3 is 0 Å². The van der Waals surface area contributed by atoms with Crippen LogP contribution in [0.5, 0.6) is 0 Å². The van der Waals surface area contributed by atoms with Crippen LogP contribution in [0.25, 0.3) is 11.9 Å². The Morgan fingerprint density at radius 3 is 2.32 bits per heavy atom. The van der Waals surface area contributed by atoms with Gasteiger partial charge in [-0.2, -0.15) is 4.57 Å². The first-order valence-corrected chi connectivity index (χ1v) is 11.5. The Kier molecular flexibility index (Phi) is 4.49. The van der Waals surface area contributed by atoms with Gasteiger partial charge in [0, 0.05) is 6.92 Å². The van der Waals surface area contributed by atoms with Gasteiger partial charge in [-0.3, -0.25) is 0 Å². The summed E-state index contributed by atoms with van der Waals surface area (Å²) in [4.78, 5) is 0. The minimum atomic E-state index is 0.186. The van der Waals surface area contributed by atoms with Crippen molar-refractivity contribution in [3.63, 3.8) is 0 Å². The predicted octanol–water partition coefficient (Wildman–Crippen LogP) is 6.36. The van der Waals surface area contributed by atoms with Crippen molar-refractivity contribution < 1.29 is 4.57 Å². The van der Waals surface area contributed by atoms with Gasteiger partial charge in [0.15, 0.2) is 5.69 Å². The number of hydrogen-bond acceptors (Lipinski definition) is 0. The zero-order valence-electron chi connectivity index (χ0n) is 17.9. The second kappa shape index (κ2) is 6.90. The summed E-state index contributed by atoms with van der Waals surface area (Å²) in [6.45, 7) is 7.16. The summed E-state index contributed by atoms with van der Waals surface area (Å²) in [5, 5.41) is 0. The van der Waals surface area contributed by atoms with E-state index in [4.69, 9.17) is 0 Å². The lowest BCUT2D eigenvalue weighted by Crippen LogP contribution is -2.40. The molecule has 2 heteroatoms. The van der Waals surface area contributed by atoms with Crippen molar-refractivity contribution in [2.24, 2.45) is 5.92 Å². The van der Waals surface area contributed by atoms with Crippen LogP contribution in [-0.2, 0) is 5.41 Å². The molecule has 2 saturated carbocycles. The summed E-state index contributed by atoms with van der Waals surface area (Å²) in [5.74, 6) is 3.01. The fraction of sp³-hybridized carbons (Fsp3) is 0.577. The average molecular weight is 376 g/mol. The Morgan fingerprint density at radius 2 is 1.61 bits per heavy atom. The van der Waals surface area contributed by atoms with E-state index < -0.39 is 0 Å². The van der Waals surface area contributed by atoms with Crippen molar-refractivity contribution >= 4 is 6.20 Å². The van der Waals surface area contributed by atoms with Crippen LogP contribution in [-0.4, -0.2) is 4.57 Å². The van der Waals surface area contributed by atoms with Gasteiger partial charge in [-0.25, -0.2) is 4.57 Å². The van der Waals surface area contributed by atoms with Gasteiger partial charge in [-0.1, -0.05) is 50.3 Å². The maximum absolute atomic E-state index is 2.63. The molecule has 2 aromatic rings. The topological polar surface area (TPSA) is 8.81 Å². The predicted molar refractivity (Wildman–Crippen MR) is 116 cm³/mol. The number of rotatable bonds is 3. The lowest BCUT2D eigenvalue weighted by Gasteiger charge is -2.34. The van der Waals surface area contributed by atoms with E-state index in [9.17, 15) is 0 Å². The Balaban J connectivity index is 1.72. The second-order valence-electron chi connectivity index (χ2n) is 9.70. The quantitative estimate of drug-likeness (QED) is 0.552.